The molecule has 0 bridgehead atoms. The van der Waals surface area contributed by atoms with Gasteiger partial charge < -0.3 is 0 Å². The predicted octanol–water partition coefficient (Wildman–Crippen LogP) is 2.68. The van der Waals surface area contributed by atoms with Gasteiger partial charge in [0.1, 0.15) is 5.82 Å². The van der Waals surface area contributed by atoms with Crippen molar-refractivity contribution < 1.29 is 0 Å². The minimum absolute atomic E-state index is 0.233. The largest absolute Gasteiger partial charge is 0.295 e. The van der Waals surface area contributed by atoms with Gasteiger partial charge in [0.2, 0.25) is 0 Å². The lowest BCUT2D eigenvalue weighted by Gasteiger charge is -2.06. The third-order valence-electron chi connectivity index (χ3n) is 4.68. The SMILES string of the molecule is Cc1[nH]n(-c2ccccc2)c(=O)c1C=Nn1c(C)nc2cccc(C)c2c1=O. The number of hydrogen-bond donors (Lipinski definition) is 1. The summed E-state index contributed by atoms with van der Waals surface area (Å²) in [4.78, 5) is 30.2. The van der Waals surface area contributed by atoms with Crippen molar-refractivity contribution in [3.63, 3.8) is 0 Å². The zero-order valence-corrected chi connectivity index (χ0v) is 15.8. The highest BCUT2D eigenvalue weighted by Crippen LogP contribution is 2.13. The van der Waals surface area contributed by atoms with Crippen molar-refractivity contribution in [3.8, 4) is 5.69 Å². The van der Waals surface area contributed by atoms with Crippen LogP contribution in [-0.4, -0.2) is 25.7 Å². The maximum absolute atomic E-state index is 12.9. The van der Waals surface area contributed by atoms with Crippen molar-refractivity contribution in [3.05, 3.63) is 91.9 Å². The quantitative estimate of drug-likeness (QED) is 0.560. The van der Waals surface area contributed by atoms with Gasteiger partial charge in [0.25, 0.3) is 11.1 Å². The van der Waals surface area contributed by atoms with E-state index in [1.807, 2.05) is 49.4 Å². The van der Waals surface area contributed by atoms with Crippen molar-refractivity contribution in [2.24, 2.45) is 5.10 Å². The van der Waals surface area contributed by atoms with E-state index < -0.39 is 0 Å². The van der Waals surface area contributed by atoms with Crippen molar-refractivity contribution in [1.82, 2.24) is 19.4 Å². The average molecular weight is 373 g/mol. The molecule has 0 saturated heterocycles. The Bertz CT molecular complexity index is 1330. The number of hydrogen-bond acceptors (Lipinski definition) is 4. The second-order valence-corrected chi connectivity index (χ2v) is 6.62. The van der Waals surface area contributed by atoms with E-state index in [2.05, 4.69) is 15.2 Å². The number of nitrogens with zero attached hydrogens (tertiary/aromatic N) is 4. The molecule has 0 spiro atoms. The zero-order chi connectivity index (χ0) is 19.8. The number of aryl methyl sites for hydroxylation is 3. The van der Waals surface area contributed by atoms with E-state index in [0.29, 0.717) is 28.0 Å². The average Bonchev–Trinajstić information content (AvgIpc) is 2.96. The van der Waals surface area contributed by atoms with Gasteiger partial charge in [-0.25, -0.2) is 9.67 Å². The van der Waals surface area contributed by atoms with Gasteiger partial charge in [-0.05, 0) is 44.5 Å². The van der Waals surface area contributed by atoms with Crippen LogP contribution in [0.5, 0.6) is 0 Å². The number of benzene rings is 2. The molecule has 28 heavy (non-hydrogen) atoms. The van der Waals surface area contributed by atoms with Crippen molar-refractivity contribution in [1.29, 1.82) is 0 Å². The maximum Gasteiger partial charge on any atom is 0.282 e. The van der Waals surface area contributed by atoms with Crippen LogP contribution in [0.4, 0.5) is 0 Å². The molecular weight excluding hydrogens is 354 g/mol. The molecule has 2 heterocycles. The molecule has 0 radical (unpaired) electrons. The molecule has 0 aliphatic carbocycles. The first-order valence-electron chi connectivity index (χ1n) is 8.88. The molecule has 1 N–H and O–H groups in total. The summed E-state index contributed by atoms with van der Waals surface area (Å²) in [5.41, 5.74) is 2.76. The number of para-hydroxylation sites is 1. The van der Waals surface area contributed by atoms with Gasteiger partial charge in [0.05, 0.1) is 28.4 Å². The zero-order valence-electron chi connectivity index (χ0n) is 15.8. The second-order valence-electron chi connectivity index (χ2n) is 6.62. The number of fused-ring (bicyclic) bond motifs is 1. The number of nitrogens with one attached hydrogen (secondary N) is 1. The van der Waals surface area contributed by atoms with Crippen LogP contribution in [0.25, 0.3) is 16.6 Å². The second kappa shape index (κ2) is 6.77. The minimum Gasteiger partial charge on any atom is -0.295 e. The first kappa shape index (κ1) is 17.7. The normalized spacial score (nSPS) is 11.5. The number of aromatic nitrogens is 4. The van der Waals surface area contributed by atoms with E-state index in [0.717, 1.165) is 11.3 Å². The van der Waals surface area contributed by atoms with Gasteiger partial charge in [0.15, 0.2) is 0 Å². The number of H-pyrrole nitrogens is 1. The minimum atomic E-state index is -0.256. The van der Waals surface area contributed by atoms with Crippen LogP contribution in [-0.2, 0) is 0 Å². The highest BCUT2D eigenvalue weighted by molar-refractivity contribution is 5.82. The molecule has 0 amide bonds. The molecule has 0 unspecified atom stereocenters. The molecule has 4 aromatic rings. The van der Waals surface area contributed by atoms with Crippen LogP contribution in [0.2, 0.25) is 0 Å². The van der Waals surface area contributed by atoms with Crippen molar-refractivity contribution >= 4 is 17.1 Å². The van der Waals surface area contributed by atoms with Gasteiger partial charge in [-0.3, -0.25) is 14.7 Å². The van der Waals surface area contributed by atoms with Gasteiger partial charge >= 0.3 is 0 Å². The Morgan fingerprint density at radius 3 is 2.46 bits per heavy atom. The molecule has 7 heteroatoms. The summed E-state index contributed by atoms with van der Waals surface area (Å²) in [5.74, 6) is 0.455. The number of aromatic amines is 1. The van der Waals surface area contributed by atoms with Crippen LogP contribution in [0, 0.1) is 20.8 Å². The van der Waals surface area contributed by atoms with Gasteiger partial charge in [-0.1, -0.05) is 30.3 Å². The fourth-order valence-corrected chi connectivity index (χ4v) is 3.22. The highest BCUT2D eigenvalue weighted by Gasteiger charge is 2.12. The Morgan fingerprint density at radius 1 is 0.964 bits per heavy atom. The monoisotopic (exact) mass is 373 g/mol. The van der Waals surface area contributed by atoms with Gasteiger partial charge in [-0.2, -0.15) is 9.78 Å². The van der Waals surface area contributed by atoms with E-state index in [4.69, 9.17) is 0 Å². The van der Waals surface area contributed by atoms with E-state index in [-0.39, 0.29) is 11.1 Å². The first-order chi connectivity index (χ1) is 13.5. The van der Waals surface area contributed by atoms with Crippen LogP contribution in [0.15, 0.2) is 63.2 Å². The Morgan fingerprint density at radius 2 is 1.71 bits per heavy atom. The Labute approximate surface area is 160 Å². The molecule has 0 saturated carbocycles. The third-order valence-corrected chi connectivity index (χ3v) is 4.68. The summed E-state index contributed by atoms with van der Waals surface area (Å²) in [6, 6.07) is 14.8. The maximum atomic E-state index is 12.9. The van der Waals surface area contributed by atoms with Crippen LogP contribution in [0.1, 0.15) is 22.6 Å². The first-order valence-corrected chi connectivity index (χ1v) is 8.88. The van der Waals surface area contributed by atoms with E-state index in [1.165, 1.54) is 15.6 Å². The summed E-state index contributed by atoms with van der Waals surface area (Å²) in [7, 11) is 0. The summed E-state index contributed by atoms with van der Waals surface area (Å²) >= 11 is 0. The third kappa shape index (κ3) is 2.87. The summed E-state index contributed by atoms with van der Waals surface area (Å²) in [6.07, 6.45) is 1.41. The molecule has 2 aromatic heterocycles. The lowest BCUT2D eigenvalue weighted by molar-refractivity contribution is 0.770. The van der Waals surface area contributed by atoms with Crippen molar-refractivity contribution in [2.45, 2.75) is 20.8 Å². The molecule has 0 aliphatic rings. The standard InChI is InChI=1S/C21H19N5O2/c1-13-8-7-11-18-19(13)21(28)25(15(3)23-18)22-12-17-14(2)24-26(20(17)27)16-9-5-4-6-10-16/h4-12,24H,1-3H3. The summed E-state index contributed by atoms with van der Waals surface area (Å²) < 4.78 is 2.68. The topological polar surface area (TPSA) is 85.0 Å². The van der Waals surface area contributed by atoms with Crippen LogP contribution < -0.4 is 11.1 Å². The van der Waals surface area contributed by atoms with Gasteiger partial charge in [-0.15, -0.1) is 0 Å². The summed E-state index contributed by atoms with van der Waals surface area (Å²) in [5, 5.41) is 7.85. The van der Waals surface area contributed by atoms with E-state index >= 15 is 0 Å². The summed E-state index contributed by atoms with van der Waals surface area (Å²) in [6.45, 7) is 5.37. The molecule has 0 atom stereocenters. The predicted molar refractivity (Wildman–Crippen MR) is 110 cm³/mol. The molecule has 4 rings (SSSR count). The molecule has 2 aromatic carbocycles. The van der Waals surface area contributed by atoms with E-state index in [1.54, 1.807) is 19.9 Å². The lowest BCUT2D eigenvalue weighted by Crippen LogP contribution is -2.22. The number of rotatable bonds is 3. The smallest absolute Gasteiger partial charge is 0.282 e. The molecule has 0 aliphatic heterocycles. The van der Waals surface area contributed by atoms with Crippen LogP contribution in [0.3, 0.4) is 0 Å². The fraction of sp³-hybridized carbons (Fsp3) is 0.143. The van der Waals surface area contributed by atoms with E-state index in [9.17, 15) is 9.59 Å². The Kier molecular flexibility index (Phi) is 4.27. The molecule has 0 fully saturated rings. The highest BCUT2D eigenvalue weighted by atomic mass is 16.1. The Balaban J connectivity index is 1.83. The molecule has 140 valence electrons. The molecule has 7 nitrogen and oxygen atoms in total. The lowest BCUT2D eigenvalue weighted by atomic mass is 10.1. The Hall–Kier alpha value is -3.74. The molecular formula is C21H19N5O2. The van der Waals surface area contributed by atoms with Crippen LogP contribution >= 0.6 is 0 Å². The van der Waals surface area contributed by atoms with Crippen molar-refractivity contribution in [2.75, 3.05) is 0 Å². The van der Waals surface area contributed by atoms with Gasteiger partial charge in [0, 0.05) is 5.69 Å². The fourth-order valence-electron chi connectivity index (χ4n) is 3.22.